The monoisotopic (exact) mass is 318 g/mol. The molecule has 0 N–H and O–H groups in total. The molecular formula is C16H22N4O3. The predicted molar refractivity (Wildman–Crippen MR) is 86.3 cm³/mol. The van der Waals surface area contributed by atoms with Crippen LogP contribution in [0.3, 0.4) is 0 Å². The third kappa shape index (κ3) is 3.60. The van der Waals surface area contributed by atoms with Crippen LogP contribution in [-0.4, -0.2) is 46.9 Å². The van der Waals surface area contributed by atoms with Gasteiger partial charge in [-0.05, 0) is 25.3 Å². The van der Waals surface area contributed by atoms with E-state index in [1.165, 1.54) is 25.1 Å². The molecule has 7 heteroatoms. The second-order valence-corrected chi connectivity index (χ2v) is 6.28. The molecule has 0 spiro atoms. The molecule has 0 radical (unpaired) electrons. The molecular weight excluding hydrogens is 296 g/mol. The number of carbonyl (C=O) groups excluding carboxylic acids is 1. The van der Waals surface area contributed by atoms with Gasteiger partial charge in [-0.25, -0.2) is 4.98 Å². The number of aromatic nitrogens is 1. The van der Waals surface area contributed by atoms with E-state index in [1.54, 1.807) is 6.07 Å². The van der Waals surface area contributed by atoms with Crippen LogP contribution in [-0.2, 0) is 4.79 Å². The SMILES string of the molecule is O=C(C1CCCC1)N1CCCN(c2ccc([N+](=O)[O-])cn2)CC1. The molecule has 7 nitrogen and oxygen atoms in total. The summed E-state index contributed by atoms with van der Waals surface area (Å²) in [6.45, 7) is 3.04. The largest absolute Gasteiger partial charge is 0.355 e. The van der Waals surface area contributed by atoms with Crippen molar-refractivity contribution in [3.63, 3.8) is 0 Å². The average Bonchev–Trinajstić information content (AvgIpc) is 2.99. The maximum atomic E-state index is 12.5. The van der Waals surface area contributed by atoms with E-state index in [9.17, 15) is 14.9 Å². The molecule has 1 aromatic rings. The van der Waals surface area contributed by atoms with Crippen LogP contribution in [0, 0.1) is 16.0 Å². The van der Waals surface area contributed by atoms with Gasteiger partial charge in [-0.3, -0.25) is 14.9 Å². The maximum absolute atomic E-state index is 12.5. The van der Waals surface area contributed by atoms with Crippen molar-refractivity contribution in [3.8, 4) is 0 Å². The van der Waals surface area contributed by atoms with Crippen LogP contribution >= 0.6 is 0 Å². The first kappa shape index (κ1) is 15.7. The second-order valence-electron chi connectivity index (χ2n) is 6.28. The minimum Gasteiger partial charge on any atom is -0.355 e. The molecule has 1 aliphatic carbocycles. The summed E-state index contributed by atoms with van der Waals surface area (Å²) < 4.78 is 0. The Labute approximate surface area is 135 Å². The topological polar surface area (TPSA) is 79.6 Å². The van der Waals surface area contributed by atoms with Crippen molar-refractivity contribution < 1.29 is 9.72 Å². The molecule has 1 amide bonds. The number of anilines is 1. The number of carbonyl (C=O) groups is 1. The van der Waals surface area contributed by atoms with Crippen LogP contribution in [0.2, 0.25) is 0 Å². The highest BCUT2D eigenvalue weighted by Crippen LogP contribution is 2.27. The molecule has 2 aliphatic rings. The summed E-state index contributed by atoms with van der Waals surface area (Å²) in [5.41, 5.74) is 0.00149. The Kier molecular flexibility index (Phi) is 4.73. The number of rotatable bonds is 3. The van der Waals surface area contributed by atoms with E-state index in [4.69, 9.17) is 0 Å². The first-order chi connectivity index (χ1) is 11.1. The van der Waals surface area contributed by atoms with Gasteiger partial charge in [-0.15, -0.1) is 0 Å². The minimum absolute atomic E-state index is 0.00149. The number of pyridine rings is 1. The molecule has 2 heterocycles. The van der Waals surface area contributed by atoms with E-state index in [1.807, 2.05) is 4.90 Å². The lowest BCUT2D eigenvalue weighted by Gasteiger charge is -2.24. The summed E-state index contributed by atoms with van der Waals surface area (Å²) in [5, 5.41) is 10.7. The number of hydrogen-bond donors (Lipinski definition) is 0. The molecule has 2 fully saturated rings. The second kappa shape index (κ2) is 6.93. The summed E-state index contributed by atoms with van der Waals surface area (Å²) >= 11 is 0. The zero-order chi connectivity index (χ0) is 16.2. The molecule has 124 valence electrons. The number of amides is 1. The average molecular weight is 318 g/mol. The molecule has 1 saturated heterocycles. The number of nitro groups is 1. The molecule has 0 bridgehead atoms. The smallest absolute Gasteiger partial charge is 0.287 e. The summed E-state index contributed by atoms with van der Waals surface area (Å²) in [5.74, 6) is 1.27. The molecule has 23 heavy (non-hydrogen) atoms. The van der Waals surface area contributed by atoms with Gasteiger partial charge >= 0.3 is 0 Å². The normalized spacial score (nSPS) is 19.7. The lowest BCUT2D eigenvalue weighted by Crippen LogP contribution is -2.38. The van der Waals surface area contributed by atoms with Gasteiger partial charge < -0.3 is 9.80 Å². The predicted octanol–water partition coefficient (Wildman–Crippen LogP) is 2.22. The number of nitrogens with zero attached hydrogens (tertiary/aromatic N) is 4. The van der Waals surface area contributed by atoms with Gasteiger partial charge in [0.1, 0.15) is 12.0 Å². The van der Waals surface area contributed by atoms with Gasteiger partial charge in [-0.2, -0.15) is 0 Å². The van der Waals surface area contributed by atoms with Gasteiger partial charge in [0.2, 0.25) is 5.91 Å². The van der Waals surface area contributed by atoms with E-state index in [-0.39, 0.29) is 11.6 Å². The molecule has 0 aromatic carbocycles. The fourth-order valence-corrected chi connectivity index (χ4v) is 3.47. The zero-order valence-electron chi connectivity index (χ0n) is 13.2. The van der Waals surface area contributed by atoms with E-state index < -0.39 is 4.92 Å². The van der Waals surface area contributed by atoms with Crippen molar-refractivity contribution in [1.82, 2.24) is 9.88 Å². The van der Waals surface area contributed by atoms with Crippen molar-refractivity contribution in [2.24, 2.45) is 5.92 Å². The van der Waals surface area contributed by atoms with Gasteiger partial charge in [0.05, 0.1) is 4.92 Å². The van der Waals surface area contributed by atoms with Crippen molar-refractivity contribution in [2.45, 2.75) is 32.1 Å². The van der Waals surface area contributed by atoms with Crippen molar-refractivity contribution in [2.75, 3.05) is 31.1 Å². The lowest BCUT2D eigenvalue weighted by atomic mass is 10.1. The third-order valence-corrected chi connectivity index (χ3v) is 4.78. The van der Waals surface area contributed by atoms with Crippen LogP contribution < -0.4 is 4.90 Å². The van der Waals surface area contributed by atoms with Gasteiger partial charge in [-0.1, -0.05) is 12.8 Å². The van der Waals surface area contributed by atoms with E-state index in [2.05, 4.69) is 9.88 Å². The van der Waals surface area contributed by atoms with Crippen molar-refractivity contribution >= 4 is 17.4 Å². The molecule has 1 aromatic heterocycles. The Morgan fingerprint density at radius 2 is 1.91 bits per heavy atom. The lowest BCUT2D eigenvalue weighted by molar-refractivity contribution is -0.385. The quantitative estimate of drug-likeness (QED) is 0.630. The first-order valence-corrected chi connectivity index (χ1v) is 8.29. The van der Waals surface area contributed by atoms with E-state index in [0.29, 0.717) is 12.5 Å². The van der Waals surface area contributed by atoms with E-state index in [0.717, 1.165) is 44.7 Å². The number of hydrogen-bond acceptors (Lipinski definition) is 5. The Hall–Kier alpha value is -2.18. The summed E-state index contributed by atoms with van der Waals surface area (Å²) in [6.07, 6.45) is 6.59. The third-order valence-electron chi connectivity index (χ3n) is 4.78. The summed E-state index contributed by atoms with van der Waals surface area (Å²) in [7, 11) is 0. The molecule has 0 atom stereocenters. The van der Waals surface area contributed by atoms with Crippen LogP contribution in [0.4, 0.5) is 11.5 Å². The van der Waals surface area contributed by atoms with Crippen molar-refractivity contribution in [3.05, 3.63) is 28.4 Å². The standard InChI is InChI=1S/C16H22N4O3/c21-16(13-4-1-2-5-13)19-9-3-8-18(10-11-19)15-7-6-14(12-17-15)20(22)23/h6-7,12-13H,1-5,8-11H2. The zero-order valence-corrected chi connectivity index (χ0v) is 13.2. The maximum Gasteiger partial charge on any atom is 0.287 e. The first-order valence-electron chi connectivity index (χ1n) is 8.29. The Balaban J connectivity index is 1.61. The van der Waals surface area contributed by atoms with Crippen LogP contribution in [0.5, 0.6) is 0 Å². The van der Waals surface area contributed by atoms with E-state index >= 15 is 0 Å². The molecule has 3 rings (SSSR count). The summed E-state index contributed by atoms with van der Waals surface area (Å²) in [6, 6.07) is 3.17. The van der Waals surface area contributed by atoms with Crippen LogP contribution in [0.15, 0.2) is 18.3 Å². The van der Waals surface area contributed by atoms with Gasteiger partial charge in [0.15, 0.2) is 0 Å². The van der Waals surface area contributed by atoms with Gasteiger partial charge in [0, 0.05) is 38.2 Å². The highest BCUT2D eigenvalue weighted by molar-refractivity contribution is 5.79. The Morgan fingerprint density at radius 3 is 2.57 bits per heavy atom. The minimum atomic E-state index is -0.443. The van der Waals surface area contributed by atoms with Crippen molar-refractivity contribution in [1.29, 1.82) is 0 Å². The van der Waals surface area contributed by atoms with Gasteiger partial charge in [0.25, 0.3) is 5.69 Å². The fourth-order valence-electron chi connectivity index (χ4n) is 3.47. The van der Waals surface area contributed by atoms with Crippen LogP contribution in [0.25, 0.3) is 0 Å². The molecule has 1 saturated carbocycles. The highest BCUT2D eigenvalue weighted by atomic mass is 16.6. The fraction of sp³-hybridized carbons (Fsp3) is 0.625. The highest BCUT2D eigenvalue weighted by Gasteiger charge is 2.28. The Morgan fingerprint density at radius 1 is 1.13 bits per heavy atom. The Bertz CT molecular complexity index is 569. The van der Waals surface area contributed by atoms with Crippen LogP contribution in [0.1, 0.15) is 32.1 Å². The summed E-state index contributed by atoms with van der Waals surface area (Å²) in [4.78, 5) is 31.1. The molecule has 0 unspecified atom stereocenters. The molecule has 1 aliphatic heterocycles.